The van der Waals surface area contributed by atoms with E-state index >= 15 is 0 Å². The van der Waals surface area contributed by atoms with E-state index in [2.05, 4.69) is 26.3 Å². The molecule has 14 nitrogen and oxygen atoms in total. The van der Waals surface area contributed by atoms with Gasteiger partial charge in [0, 0.05) is 32.3 Å². The summed E-state index contributed by atoms with van der Waals surface area (Å²) < 4.78 is 22.8. The molecule has 0 aliphatic carbocycles. The molecule has 3 N–H and O–H groups in total. The fourth-order valence-electron chi connectivity index (χ4n) is 5.28. The van der Waals surface area contributed by atoms with Crippen molar-refractivity contribution in [1.29, 1.82) is 0 Å². The number of fused-ring (bicyclic) bond motifs is 1. The standard InChI is InChI=1S/C34H41N7O7/c1-34(2,3)48-33(44)39-38-32(43)28-18-27(31(42)37-24-14-16-47-17-15-24)29-30(35-21-36-41(28)29)40(19-22-6-10-25(45-4)11-7-22)20-23-8-12-26(46-5)13-9-23/h6-13,18,21,24H,14-17,19-20H2,1-5H3,(H,37,42)(H,38,43)(H,39,44). The smallest absolute Gasteiger partial charge is 0.426 e. The SMILES string of the molecule is COc1ccc(CN(Cc2ccc(OC)cc2)c2ncnn3c(C(=O)NNC(=O)OC(C)(C)C)cc(C(=O)NC4CCOCC4)c23)cc1. The zero-order chi connectivity index (χ0) is 34.3. The highest BCUT2D eigenvalue weighted by atomic mass is 16.6. The second-order valence-electron chi connectivity index (χ2n) is 12.3. The fourth-order valence-corrected chi connectivity index (χ4v) is 5.28. The van der Waals surface area contributed by atoms with Gasteiger partial charge in [0.1, 0.15) is 34.6 Å². The van der Waals surface area contributed by atoms with E-state index in [1.807, 2.05) is 53.4 Å². The third kappa shape index (κ3) is 8.50. The molecule has 2 aromatic carbocycles. The molecule has 254 valence electrons. The Labute approximate surface area is 278 Å². The van der Waals surface area contributed by atoms with Crippen molar-refractivity contribution in [3.63, 3.8) is 0 Å². The molecule has 1 aliphatic heterocycles. The van der Waals surface area contributed by atoms with Crippen LogP contribution in [0.15, 0.2) is 60.9 Å². The minimum absolute atomic E-state index is 0.00989. The van der Waals surface area contributed by atoms with E-state index in [1.54, 1.807) is 35.0 Å². The minimum Gasteiger partial charge on any atom is -0.497 e. The van der Waals surface area contributed by atoms with Crippen molar-refractivity contribution in [1.82, 2.24) is 30.8 Å². The second-order valence-corrected chi connectivity index (χ2v) is 12.3. The third-order valence-electron chi connectivity index (χ3n) is 7.61. The number of hydrogen-bond acceptors (Lipinski definition) is 10. The van der Waals surface area contributed by atoms with Crippen molar-refractivity contribution < 1.29 is 33.3 Å². The largest absolute Gasteiger partial charge is 0.497 e. The Morgan fingerprint density at radius 1 is 0.896 bits per heavy atom. The predicted molar refractivity (Wildman–Crippen MR) is 177 cm³/mol. The van der Waals surface area contributed by atoms with Crippen molar-refractivity contribution in [2.24, 2.45) is 0 Å². The molecule has 1 saturated heterocycles. The van der Waals surface area contributed by atoms with Gasteiger partial charge in [0.05, 0.1) is 19.8 Å². The Balaban J connectivity index is 1.57. The maximum absolute atomic E-state index is 13.9. The lowest BCUT2D eigenvalue weighted by Gasteiger charge is -2.26. The molecule has 3 heterocycles. The van der Waals surface area contributed by atoms with Gasteiger partial charge in [-0.3, -0.25) is 15.0 Å². The van der Waals surface area contributed by atoms with Crippen molar-refractivity contribution in [3.8, 4) is 11.5 Å². The number of nitrogens with one attached hydrogen (secondary N) is 3. The van der Waals surface area contributed by atoms with Crippen LogP contribution in [0.4, 0.5) is 10.6 Å². The predicted octanol–water partition coefficient (Wildman–Crippen LogP) is 4.03. The van der Waals surface area contributed by atoms with Crippen LogP contribution < -0.4 is 30.5 Å². The van der Waals surface area contributed by atoms with Crippen molar-refractivity contribution in [2.45, 2.75) is 58.3 Å². The lowest BCUT2D eigenvalue weighted by molar-refractivity contribution is 0.0482. The van der Waals surface area contributed by atoms with Crippen LogP contribution in [0, 0.1) is 0 Å². The molecule has 3 amide bonds. The van der Waals surface area contributed by atoms with Crippen LogP contribution in [0.3, 0.4) is 0 Å². The first kappa shape index (κ1) is 34.0. The van der Waals surface area contributed by atoms with Gasteiger partial charge in [0.25, 0.3) is 11.8 Å². The van der Waals surface area contributed by atoms with E-state index in [-0.39, 0.29) is 23.2 Å². The van der Waals surface area contributed by atoms with Crippen molar-refractivity contribution >= 4 is 29.2 Å². The second kappa shape index (κ2) is 15.0. The van der Waals surface area contributed by atoms with Gasteiger partial charge in [0.2, 0.25) is 0 Å². The zero-order valence-corrected chi connectivity index (χ0v) is 27.7. The summed E-state index contributed by atoms with van der Waals surface area (Å²) in [5.74, 6) is 0.775. The summed E-state index contributed by atoms with van der Waals surface area (Å²) in [6.45, 7) is 7.00. The molecule has 0 atom stereocenters. The fraction of sp³-hybridized carbons (Fsp3) is 0.382. The molecule has 1 aliphatic rings. The summed E-state index contributed by atoms with van der Waals surface area (Å²) in [7, 11) is 3.22. The van der Waals surface area contributed by atoms with Crippen molar-refractivity contribution in [3.05, 3.63) is 83.3 Å². The van der Waals surface area contributed by atoms with Gasteiger partial charge in [-0.15, -0.1) is 0 Å². The highest BCUT2D eigenvalue weighted by molar-refractivity contribution is 6.07. The topological polar surface area (TPSA) is 158 Å². The van der Waals surface area contributed by atoms with Gasteiger partial charge in [0.15, 0.2) is 5.82 Å². The molecule has 0 bridgehead atoms. The summed E-state index contributed by atoms with van der Waals surface area (Å²) in [5.41, 5.74) is 6.31. The average molecular weight is 660 g/mol. The first-order chi connectivity index (χ1) is 23.0. The Bertz CT molecular complexity index is 1680. The number of carbonyl (C=O) groups excluding carboxylic acids is 3. The van der Waals surface area contributed by atoms with Crippen LogP contribution >= 0.6 is 0 Å². The monoisotopic (exact) mass is 659 g/mol. The van der Waals surface area contributed by atoms with Gasteiger partial charge in [-0.2, -0.15) is 5.10 Å². The van der Waals surface area contributed by atoms with Crippen LogP contribution in [-0.4, -0.2) is 71.6 Å². The lowest BCUT2D eigenvalue weighted by atomic mass is 10.1. The van der Waals surface area contributed by atoms with E-state index < -0.39 is 17.6 Å². The Morgan fingerprint density at radius 2 is 1.48 bits per heavy atom. The van der Waals surface area contributed by atoms with Gasteiger partial charge in [-0.25, -0.2) is 19.7 Å². The van der Waals surface area contributed by atoms with E-state index in [0.717, 1.165) is 22.6 Å². The average Bonchev–Trinajstić information content (AvgIpc) is 3.48. The number of hydrazine groups is 1. The van der Waals surface area contributed by atoms with Crippen LogP contribution in [0.1, 0.15) is 65.6 Å². The molecule has 0 radical (unpaired) electrons. The molecule has 0 unspecified atom stereocenters. The molecule has 1 fully saturated rings. The highest BCUT2D eigenvalue weighted by Crippen LogP contribution is 2.29. The number of nitrogens with zero attached hydrogens (tertiary/aromatic N) is 4. The maximum atomic E-state index is 13.9. The maximum Gasteiger partial charge on any atom is 0.426 e. The van der Waals surface area contributed by atoms with E-state index in [0.29, 0.717) is 50.5 Å². The van der Waals surface area contributed by atoms with Crippen LogP contribution in [0.2, 0.25) is 0 Å². The number of aromatic nitrogens is 3. The van der Waals surface area contributed by atoms with Crippen LogP contribution in [-0.2, 0) is 22.6 Å². The van der Waals surface area contributed by atoms with Gasteiger partial charge in [-0.1, -0.05) is 24.3 Å². The first-order valence-electron chi connectivity index (χ1n) is 15.6. The number of methoxy groups -OCH3 is 2. The number of ether oxygens (including phenoxy) is 4. The molecular weight excluding hydrogens is 618 g/mol. The summed E-state index contributed by atoms with van der Waals surface area (Å²) in [6, 6.07) is 16.7. The van der Waals surface area contributed by atoms with Gasteiger partial charge in [-0.05, 0) is 75.1 Å². The number of rotatable bonds is 10. The Morgan fingerprint density at radius 3 is 2.02 bits per heavy atom. The highest BCUT2D eigenvalue weighted by Gasteiger charge is 2.28. The normalized spacial score (nSPS) is 13.4. The number of hydrogen-bond donors (Lipinski definition) is 3. The zero-order valence-electron chi connectivity index (χ0n) is 27.7. The molecule has 4 aromatic rings. The molecule has 5 rings (SSSR count). The minimum atomic E-state index is -0.838. The molecule has 48 heavy (non-hydrogen) atoms. The quantitative estimate of drug-likeness (QED) is 0.212. The summed E-state index contributed by atoms with van der Waals surface area (Å²) >= 11 is 0. The Kier molecular flexibility index (Phi) is 10.6. The molecule has 0 spiro atoms. The Hall–Kier alpha value is -5.37. The number of anilines is 1. The molecule has 0 saturated carbocycles. The number of benzene rings is 2. The summed E-state index contributed by atoms with van der Waals surface area (Å²) in [6.07, 6.45) is 1.81. The molecular formula is C34H41N7O7. The van der Waals surface area contributed by atoms with E-state index in [9.17, 15) is 14.4 Å². The van der Waals surface area contributed by atoms with Gasteiger partial charge < -0.3 is 29.2 Å². The summed E-state index contributed by atoms with van der Waals surface area (Å²) in [4.78, 5) is 46.4. The molecule has 2 aromatic heterocycles. The van der Waals surface area contributed by atoms with E-state index in [4.69, 9.17) is 18.9 Å². The third-order valence-corrected chi connectivity index (χ3v) is 7.61. The number of carbonyl (C=O) groups is 3. The van der Waals surface area contributed by atoms with E-state index in [1.165, 1.54) is 16.9 Å². The van der Waals surface area contributed by atoms with Crippen LogP contribution in [0.5, 0.6) is 11.5 Å². The lowest BCUT2D eigenvalue weighted by Crippen LogP contribution is -2.44. The van der Waals surface area contributed by atoms with Crippen molar-refractivity contribution in [2.75, 3.05) is 32.3 Å². The van der Waals surface area contributed by atoms with Gasteiger partial charge >= 0.3 is 6.09 Å². The van der Waals surface area contributed by atoms with Crippen LogP contribution in [0.25, 0.3) is 5.52 Å². The first-order valence-corrected chi connectivity index (χ1v) is 15.6. The summed E-state index contributed by atoms with van der Waals surface area (Å²) in [5, 5.41) is 7.47. The molecule has 14 heteroatoms. The number of amides is 3.